The Morgan fingerprint density at radius 2 is 1.32 bits per heavy atom. The first-order chi connectivity index (χ1) is 19.0. The summed E-state index contributed by atoms with van der Waals surface area (Å²) in [7, 11) is 14.3. The zero-order chi connectivity index (χ0) is 30.4. The number of methoxy groups -OCH3 is 7. The number of ether oxygens (including phenoxy) is 11. The standard InChI is InChI=1S/C26H49NO13/c1-15(28)37-13-17(31-6)21(33-8)25(36-11)23(39-16(2)29)18(32-7)14-38-26-20(27(3)4)24(35-10)22(34-9)19(40-26)12-30-5/h17-26H,12-14H2,1-11H3/t17?,18?,19-,20-,21?,22-,23?,24-,25?,26+/m1/s1. The van der Waals surface area contributed by atoms with Crippen LogP contribution in [0.2, 0.25) is 0 Å². The second kappa shape index (κ2) is 18.9. The summed E-state index contributed by atoms with van der Waals surface area (Å²) in [6.45, 7) is 2.65. The molecule has 0 aromatic carbocycles. The fraction of sp³-hybridized carbons (Fsp3) is 0.923. The Morgan fingerprint density at radius 1 is 0.750 bits per heavy atom. The van der Waals surface area contributed by atoms with E-state index in [2.05, 4.69) is 0 Å². The van der Waals surface area contributed by atoms with E-state index < -0.39 is 67.1 Å². The highest BCUT2D eigenvalue weighted by molar-refractivity contribution is 5.66. The first kappa shape index (κ1) is 36.6. The molecule has 10 atom stereocenters. The maximum Gasteiger partial charge on any atom is 0.303 e. The summed E-state index contributed by atoms with van der Waals surface area (Å²) in [5, 5.41) is 0. The quantitative estimate of drug-likeness (QED) is 0.187. The van der Waals surface area contributed by atoms with Gasteiger partial charge in [0.1, 0.15) is 49.3 Å². The second-order valence-corrected chi connectivity index (χ2v) is 9.51. The van der Waals surface area contributed by atoms with Crippen LogP contribution in [0.1, 0.15) is 13.8 Å². The number of likely N-dealkylation sites (N-methyl/N-ethyl adjacent to an activating group) is 1. The van der Waals surface area contributed by atoms with Gasteiger partial charge in [0.25, 0.3) is 0 Å². The Hall–Kier alpha value is -1.46. The summed E-state index contributed by atoms with van der Waals surface area (Å²) >= 11 is 0. The average Bonchev–Trinajstić information content (AvgIpc) is 2.91. The summed E-state index contributed by atoms with van der Waals surface area (Å²) in [5.41, 5.74) is 0. The van der Waals surface area contributed by atoms with Crippen LogP contribution in [-0.2, 0) is 61.7 Å². The van der Waals surface area contributed by atoms with E-state index in [1.807, 2.05) is 19.0 Å². The lowest BCUT2D eigenvalue weighted by Crippen LogP contribution is -2.65. The van der Waals surface area contributed by atoms with Crippen molar-refractivity contribution in [2.75, 3.05) is 83.7 Å². The van der Waals surface area contributed by atoms with Gasteiger partial charge in [0, 0.05) is 63.6 Å². The molecule has 40 heavy (non-hydrogen) atoms. The van der Waals surface area contributed by atoms with Crippen molar-refractivity contribution in [1.82, 2.24) is 4.90 Å². The molecule has 1 rings (SSSR count). The van der Waals surface area contributed by atoms with Crippen molar-refractivity contribution in [2.24, 2.45) is 0 Å². The van der Waals surface area contributed by atoms with Gasteiger partial charge in [-0.25, -0.2) is 0 Å². The zero-order valence-electron chi connectivity index (χ0n) is 25.6. The summed E-state index contributed by atoms with van der Waals surface area (Å²) in [6, 6.07) is -0.362. The minimum absolute atomic E-state index is 0.0604. The number of carbonyl (C=O) groups is 2. The fourth-order valence-corrected chi connectivity index (χ4v) is 4.91. The van der Waals surface area contributed by atoms with Gasteiger partial charge in [0.15, 0.2) is 12.4 Å². The van der Waals surface area contributed by atoms with Crippen molar-refractivity contribution >= 4 is 11.9 Å². The molecule has 0 spiro atoms. The normalized spacial score (nSPS) is 27.1. The van der Waals surface area contributed by atoms with Gasteiger partial charge in [-0.3, -0.25) is 14.5 Å². The second-order valence-electron chi connectivity index (χ2n) is 9.51. The highest BCUT2D eigenvalue weighted by atomic mass is 16.7. The van der Waals surface area contributed by atoms with Crippen molar-refractivity contribution in [2.45, 2.75) is 75.0 Å². The van der Waals surface area contributed by atoms with Gasteiger partial charge in [-0.15, -0.1) is 0 Å². The molecule has 0 amide bonds. The van der Waals surface area contributed by atoms with Gasteiger partial charge in [-0.2, -0.15) is 0 Å². The topological polar surface area (TPSA) is 139 Å². The molecule has 1 aliphatic heterocycles. The number of hydrogen-bond acceptors (Lipinski definition) is 14. The molecule has 0 aromatic heterocycles. The number of carbonyl (C=O) groups excluding carboxylic acids is 2. The first-order valence-corrected chi connectivity index (χ1v) is 12.9. The van der Waals surface area contributed by atoms with Gasteiger partial charge < -0.3 is 52.1 Å². The summed E-state index contributed by atoms with van der Waals surface area (Å²) in [6.07, 6.45) is -6.35. The minimum Gasteiger partial charge on any atom is -0.463 e. The van der Waals surface area contributed by atoms with E-state index in [9.17, 15) is 9.59 Å². The highest BCUT2D eigenvalue weighted by Crippen LogP contribution is 2.30. The molecule has 1 aliphatic rings. The zero-order valence-corrected chi connectivity index (χ0v) is 25.6. The average molecular weight is 584 g/mol. The predicted molar refractivity (Wildman–Crippen MR) is 141 cm³/mol. The Bertz CT molecular complexity index is 727. The maximum atomic E-state index is 12.2. The molecule has 0 aliphatic carbocycles. The molecule has 14 heteroatoms. The van der Waals surface area contributed by atoms with Crippen LogP contribution in [0.15, 0.2) is 0 Å². The Morgan fingerprint density at radius 3 is 1.75 bits per heavy atom. The summed E-state index contributed by atoms with van der Waals surface area (Å²) < 4.78 is 62.9. The molecule has 0 radical (unpaired) electrons. The van der Waals surface area contributed by atoms with Gasteiger partial charge in [0.2, 0.25) is 0 Å². The van der Waals surface area contributed by atoms with E-state index in [0.29, 0.717) is 0 Å². The van der Waals surface area contributed by atoms with Crippen molar-refractivity contribution < 1.29 is 61.7 Å². The lowest BCUT2D eigenvalue weighted by molar-refractivity contribution is -0.299. The van der Waals surface area contributed by atoms with E-state index >= 15 is 0 Å². The Labute approximate surface area is 237 Å². The van der Waals surface area contributed by atoms with Crippen molar-refractivity contribution in [3.63, 3.8) is 0 Å². The number of rotatable bonds is 19. The third kappa shape index (κ3) is 10.1. The number of hydrogen-bond donors (Lipinski definition) is 0. The van der Waals surface area contributed by atoms with Gasteiger partial charge in [-0.05, 0) is 14.1 Å². The lowest BCUT2D eigenvalue weighted by Gasteiger charge is -2.47. The number of nitrogens with zero attached hydrogens (tertiary/aromatic N) is 1. The molecule has 0 N–H and O–H groups in total. The monoisotopic (exact) mass is 583 g/mol. The summed E-state index contributed by atoms with van der Waals surface area (Å²) in [5.74, 6) is -1.05. The molecule has 1 saturated heterocycles. The predicted octanol–water partition coefficient (Wildman–Crippen LogP) is -0.111. The van der Waals surface area contributed by atoms with Gasteiger partial charge >= 0.3 is 11.9 Å². The van der Waals surface area contributed by atoms with Crippen LogP contribution in [0.5, 0.6) is 0 Å². The van der Waals surface area contributed by atoms with E-state index in [1.54, 1.807) is 21.3 Å². The molecular weight excluding hydrogens is 534 g/mol. The molecular formula is C26H49NO13. The van der Waals surface area contributed by atoms with Gasteiger partial charge in [-0.1, -0.05) is 0 Å². The van der Waals surface area contributed by atoms with Crippen LogP contribution in [0.3, 0.4) is 0 Å². The molecule has 0 aromatic rings. The molecule has 5 unspecified atom stereocenters. The smallest absolute Gasteiger partial charge is 0.303 e. The fourth-order valence-electron chi connectivity index (χ4n) is 4.91. The van der Waals surface area contributed by atoms with Crippen LogP contribution >= 0.6 is 0 Å². The van der Waals surface area contributed by atoms with E-state index in [-0.39, 0.29) is 25.9 Å². The van der Waals surface area contributed by atoms with Crippen LogP contribution in [0, 0.1) is 0 Å². The van der Waals surface area contributed by atoms with Crippen LogP contribution in [-0.4, -0.2) is 162 Å². The third-order valence-corrected chi connectivity index (χ3v) is 6.79. The van der Waals surface area contributed by atoms with Crippen molar-refractivity contribution in [1.29, 1.82) is 0 Å². The van der Waals surface area contributed by atoms with Crippen molar-refractivity contribution in [3.8, 4) is 0 Å². The highest BCUT2D eigenvalue weighted by Gasteiger charge is 2.49. The van der Waals surface area contributed by atoms with Gasteiger partial charge in [0.05, 0.1) is 19.3 Å². The Kier molecular flexibility index (Phi) is 17.2. The third-order valence-electron chi connectivity index (χ3n) is 6.79. The molecule has 0 saturated carbocycles. The molecule has 1 heterocycles. The lowest BCUT2D eigenvalue weighted by atomic mass is 9.95. The van der Waals surface area contributed by atoms with Crippen LogP contribution in [0.4, 0.5) is 0 Å². The van der Waals surface area contributed by atoms with E-state index in [4.69, 9.17) is 52.1 Å². The largest absolute Gasteiger partial charge is 0.463 e. The first-order valence-electron chi connectivity index (χ1n) is 12.9. The SMILES string of the molecule is COC[C@H]1O[C@H](OCC(OC)C(OC(C)=O)C(OC)C(OC)C(COC(C)=O)OC)[C@H](N(C)C)[C@@H](OC)[C@@H]1OC. The van der Waals surface area contributed by atoms with E-state index in [1.165, 1.54) is 42.3 Å². The molecule has 0 bridgehead atoms. The van der Waals surface area contributed by atoms with Crippen LogP contribution < -0.4 is 0 Å². The van der Waals surface area contributed by atoms with E-state index in [0.717, 1.165) is 0 Å². The molecule has 14 nitrogen and oxygen atoms in total. The maximum absolute atomic E-state index is 12.2. The van der Waals surface area contributed by atoms with Crippen molar-refractivity contribution in [3.05, 3.63) is 0 Å². The number of esters is 2. The molecule has 1 fully saturated rings. The Balaban J connectivity index is 3.29. The summed E-state index contributed by atoms with van der Waals surface area (Å²) in [4.78, 5) is 25.5. The minimum atomic E-state index is -1.01. The van der Waals surface area contributed by atoms with Crippen LogP contribution in [0.25, 0.3) is 0 Å². The molecule has 236 valence electrons.